The molecule has 2 aromatic rings. The van der Waals surface area contributed by atoms with E-state index in [4.69, 9.17) is 0 Å². The van der Waals surface area contributed by atoms with E-state index < -0.39 is 11.6 Å². The number of urea groups is 1. The van der Waals surface area contributed by atoms with Crippen molar-refractivity contribution < 1.29 is 9.59 Å². The lowest BCUT2D eigenvalue weighted by molar-refractivity contribution is -0.132. The zero-order valence-corrected chi connectivity index (χ0v) is 14.3. The number of nitrogens with zero attached hydrogens (tertiary/aromatic N) is 2. The molecule has 1 saturated carbocycles. The molecule has 2 heterocycles. The molecule has 2 fully saturated rings. The van der Waals surface area contributed by atoms with Gasteiger partial charge >= 0.3 is 6.03 Å². The van der Waals surface area contributed by atoms with E-state index in [1.165, 1.54) is 5.56 Å². The Labute approximate surface area is 146 Å². The highest BCUT2D eigenvalue weighted by Crippen LogP contribution is 2.33. The van der Waals surface area contributed by atoms with Crippen LogP contribution in [0.25, 0.3) is 10.9 Å². The molecule has 1 saturated heterocycles. The van der Waals surface area contributed by atoms with E-state index in [-0.39, 0.29) is 5.91 Å². The van der Waals surface area contributed by atoms with Crippen LogP contribution >= 0.6 is 0 Å². The number of rotatable bonds is 3. The quantitative estimate of drug-likeness (QED) is 0.665. The van der Waals surface area contributed by atoms with Crippen LogP contribution in [0, 0.1) is 0 Å². The summed E-state index contributed by atoms with van der Waals surface area (Å²) in [4.78, 5) is 28.3. The highest BCUT2D eigenvalue weighted by molar-refractivity contribution is 6.08. The van der Waals surface area contributed by atoms with Crippen LogP contribution in [0.2, 0.25) is 0 Å². The molecule has 0 atom stereocenters. The largest absolute Gasteiger partial charge is 0.360 e. The number of aryl methyl sites for hydroxylation is 1. The van der Waals surface area contributed by atoms with Crippen LogP contribution in [0.4, 0.5) is 4.79 Å². The van der Waals surface area contributed by atoms with Crippen molar-refractivity contribution in [2.24, 2.45) is 5.10 Å². The highest BCUT2D eigenvalue weighted by Gasteiger charge is 2.51. The van der Waals surface area contributed by atoms with Crippen LogP contribution in [0.3, 0.4) is 0 Å². The van der Waals surface area contributed by atoms with Gasteiger partial charge in [-0.3, -0.25) is 4.79 Å². The third kappa shape index (κ3) is 2.52. The molecular weight excluding hydrogens is 316 g/mol. The summed E-state index contributed by atoms with van der Waals surface area (Å²) >= 11 is 0. The number of hydrazone groups is 1. The SMILES string of the molecule is CCc1cccc2c(/C=N/N3C(=O)NC4(CCCCC4)C3=O)c[nH]c12. The van der Waals surface area contributed by atoms with E-state index in [1.807, 2.05) is 18.3 Å². The first-order valence-corrected chi connectivity index (χ1v) is 8.94. The van der Waals surface area contributed by atoms with Gasteiger partial charge in [0.1, 0.15) is 5.54 Å². The fraction of sp³-hybridized carbons (Fsp3) is 0.421. The van der Waals surface area contributed by atoms with Gasteiger partial charge in [-0.15, -0.1) is 5.01 Å². The number of hydrogen-bond donors (Lipinski definition) is 2. The summed E-state index contributed by atoms with van der Waals surface area (Å²) in [7, 11) is 0. The van der Waals surface area contributed by atoms with E-state index in [0.717, 1.165) is 47.2 Å². The number of aromatic amines is 1. The maximum absolute atomic E-state index is 12.7. The van der Waals surface area contributed by atoms with Crippen LogP contribution in [-0.2, 0) is 11.2 Å². The second kappa shape index (κ2) is 6.02. The molecule has 0 bridgehead atoms. The van der Waals surface area contributed by atoms with Crippen molar-refractivity contribution in [3.8, 4) is 0 Å². The van der Waals surface area contributed by atoms with Crippen molar-refractivity contribution in [2.75, 3.05) is 0 Å². The van der Waals surface area contributed by atoms with E-state index >= 15 is 0 Å². The van der Waals surface area contributed by atoms with E-state index in [0.29, 0.717) is 12.8 Å². The molecule has 6 heteroatoms. The maximum atomic E-state index is 12.7. The van der Waals surface area contributed by atoms with Crippen LogP contribution in [0.5, 0.6) is 0 Å². The Kier molecular flexibility index (Phi) is 3.82. The summed E-state index contributed by atoms with van der Waals surface area (Å²) in [5.41, 5.74) is 2.44. The number of fused-ring (bicyclic) bond motifs is 1. The van der Waals surface area contributed by atoms with Crippen LogP contribution in [-0.4, -0.2) is 33.7 Å². The third-order valence-electron chi connectivity index (χ3n) is 5.37. The summed E-state index contributed by atoms with van der Waals surface area (Å²) in [6, 6.07) is 5.69. The standard InChI is InChI=1S/C19H22N4O2/c1-2-13-7-6-8-15-14(11-20-16(13)15)12-21-23-17(24)19(22-18(23)25)9-4-3-5-10-19/h6-8,11-12,20H,2-5,9-10H2,1H3,(H,22,25)/b21-12+. The molecule has 1 aromatic heterocycles. The van der Waals surface area contributed by atoms with Crippen molar-refractivity contribution in [2.45, 2.75) is 51.0 Å². The fourth-order valence-corrected chi connectivity index (χ4v) is 3.97. The lowest BCUT2D eigenvalue weighted by Crippen LogP contribution is -2.48. The molecule has 1 aromatic carbocycles. The molecule has 1 aliphatic heterocycles. The van der Waals surface area contributed by atoms with Gasteiger partial charge in [-0.2, -0.15) is 5.10 Å². The Hall–Kier alpha value is -2.63. The first kappa shape index (κ1) is 15.9. The van der Waals surface area contributed by atoms with E-state index in [9.17, 15) is 9.59 Å². The minimum absolute atomic E-state index is 0.220. The number of para-hydroxylation sites is 1. The number of imide groups is 1. The summed E-state index contributed by atoms with van der Waals surface area (Å²) in [6.07, 6.45) is 8.84. The summed E-state index contributed by atoms with van der Waals surface area (Å²) in [6.45, 7) is 2.11. The molecule has 2 N–H and O–H groups in total. The number of carbonyl (C=O) groups is 2. The predicted molar refractivity (Wildman–Crippen MR) is 96.5 cm³/mol. The molecule has 1 aliphatic carbocycles. The zero-order valence-electron chi connectivity index (χ0n) is 14.3. The van der Waals surface area contributed by atoms with E-state index in [2.05, 4.69) is 28.4 Å². The maximum Gasteiger partial charge on any atom is 0.346 e. The first-order chi connectivity index (χ1) is 12.1. The fourth-order valence-electron chi connectivity index (χ4n) is 3.97. The number of nitrogens with one attached hydrogen (secondary N) is 2. The Morgan fingerprint density at radius 2 is 2.04 bits per heavy atom. The number of H-pyrrole nitrogens is 1. The Morgan fingerprint density at radius 3 is 2.80 bits per heavy atom. The monoisotopic (exact) mass is 338 g/mol. The van der Waals surface area contributed by atoms with Gasteiger partial charge in [0.2, 0.25) is 0 Å². The average molecular weight is 338 g/mol. The number of hydrogen-bond acceptors (Lipinski definition) is 3. The smallest absolute Gasteiger partial charge is 0.346 e. The van der Waals surface area contributed by atoms with Gasteiger partial charge in [0, 0.05) is 22.7 Å². The molecule has 2 aliphatic rings. The van der Waals surface area contributed by atoms with Gasteiger partial charge in [0.05, 0.1) is 6.21 Å². The molecule has 6 nitrogen and oxygen atoms in total. The molecule has 0 radical (unpaired) electrons. The Balaban J connectivity index is 1.62. The number of benzene rings is 1. The third-order valence-corrected chi connectivity index (χ3v) is 5.37. The molecule has 3 amide bonds. The van der Waals surface area contributed by atoms with Crippen molar-refractivity contribution in [1.29, 1.82) is 0 Å². The van der Waals surface area contributed by atoms with Crippen molar-refractivity contribution in [3.05, 3.63) is 35.5 Å². The molecule has 1 spiro atoms. The molecule has 25 heavy (non-hydrogen) atoms. The zero-order chi connectivity index (χ0) is 17.4. The topological polar surface area (TPSA) is 77.6 Å². The van der Waals surface area contributed by atoms with Crippen molar-refractivity contribution >= 4 is 29.1 Å². The van der Waals surface area contributed by atoms with Gasteiger partial charge in [-0.1, -0.05) is 44.4 Å². The summed E-state index contributed by atoms with van der Waals surface area (Å²) in [5, 5.41) is 9.12. The Morgan fingerprint density at radius 1 is 1.24 bits per heavy atom. The molecule has 4 rings (SSSR count). The van der Waals surface area contributed by atoms with Gasteiger partial charge < -0.3 is 10.3 Å². The number of amides is 3. The molecule has 0 unspecified atom stereocenters. The predicted octanol–water partition coefficient (Wildman–Crippen LogP) is 3.32. The van der Waals surface area contributed by atoms with E-state index in [1.54, 1.807) is 6.21 Å². The van der Waals surface area contributed by atoms with Crippen LogP contribution < -0.4 is 5.32 Å². The minimum Gasteiger partial charge on any atom is -0.360 e. The highest BCUT2D eigenvalue weighted by atomic mass is 16.2. The van der Waals surface area contributed by atoms with Gasteiger partial charge in [0.15, 0.2) is 0 Å². The normalized spacial score (nSPS) is 20.1. The minimum atomic E-state index is -0.734. The van der Waals surface area contributed by atoms with Crippen molar-refractivity contribution in [3.63, 3.8) is 0 Å². The summed E-state index contributed by atoms with van der Waals surface area (Å²) in [5.74, 6) is -0.220. The lowest BCUT2D eigenvalue weighted by Gasteiger charge is -2.29. The van der Waals surface area contributed by atoms with Gasteiger partial charge in [-0.25, -0.2) is 4.79 Å². The first-order valence-electron chi connectivity index (χ1n) is 8.94. The second-order valence-corrected chi connectivity index (χ2v) is 6.87. The van der Waals surface area contributed by atoms with Crippen LogP contribution in [0.15, 0.2) is 29.5 Å². The average Bonchev–Trinajstić information content (AvgIpc) is 3.14. The van der Waals surface area contributed by atoms with Crippen molar-refractivity contribution in [1.82, 2.24) is 15.3 Å². The molecule has 130 valence electrons. The summed E-state index contributed by atoms with van der Waals surface area (Å²) < 4.78 is 0. The number of carbonyl (C=O) groups excluding carboxylic acids is 2. The number of aromatic nitrogens is 1. The molecular formula is C19H22N4O2. The van der Waals surface area contributed by atoms with Crippen LogP contribution in [0.1, 0.15) is 50.2 Å². The lowest BCUT2D eigenvalue weighted by atomic mass is 9.82. The Bertz CT molecular complexity index is 861. The van der Waals surface area contributed by atoms with Gasteiger partial charge in [-0.05, 0) is 24.8 Å². The second-order valence-electron chi connectivity index (χ2n) is 6.87. The van der Waals surface area contributed by atoms with Gasteiger partial charge in [0.25, 0.3) is 5.91 Å².